The number of methoxy groups -OCH3 is 1. The van der Waals surface area contributed by atoms with Crippen molar-refractivity contribution < 1.29 is 8.95 Å². The summed E-state index contributed by atoms with van der Waals surface area (Å²) in [6.45, 7) is 2.63. The van der Waals surface area contributed by atoms with E-state index in [1.807, 2.05) is 12.3 Å². The first-order valence-electron chi connectivity index (χ1n) is 9.79. The van der Waals surface area contributed by atoms with Gasteiger partial charge < -0.3 is 14.6 Å². The average Bonchev–Trinajstić information content (AvgIpc) is 3.13. The predicted octanol–water partition coefficient (Wildman–Crippen LogP) is 2.19. The molecule has 2 aromatic rings. The average molecular weight is 392 g/mol. The van der Waals surface area contributed by atoms with Crippen LogP contribution in [0.4, 0.5) is 5.82 Å². The number of anilines is 1. The second kappa shape index (κ2) is 8.24. The summed E-state index contributed by atoms with van der Waals surface area (Å²) in [5.41, 5.74) is 0.875. The van der Waals surface area contributed by atoms with Crippen LogP contribution >= 0.6 is 0 Å². The third-order valence-electron chi connectivity index (χ3n) is 5.98. The summed E-state index contributed by atoms with van der Waals surface area (Å²) in [5.74, 6) is 2.82. The van der Waals surface area contributed by atoms with Crippen molar-refractivity contribution in [2.24, 2.45) is 11.8 Å². The Bertz CT molecular complexity index is 789. The standard InChI is InChI=1S/C19H29N5O2S/c1-23(19-17-5-6-20-18(17)21-13-22-19)16-8-15(9-16)12-27(25)24-7-3-4-14(10-24)11-26-2/h5-6,13-16H,3-4,7-12H2,1-2H3,(H,20,21,22). The third kappa shape index (κ3) is 4.02. The molecule has 0 bridgehead atoms. The molecule has 2 aliphatic rings. The van der Waals surface area contributed by atoms with Crippen molar-refractivity contribution in [3.05, 3.63) is 18.6 Å². The molecule has 0 aromatic carbocycles. The van der Waals surface area contributed by atoms with Crippen LogP contribution in [0.1, 0.15) is 25.7 Å². The Balaban J connectivity index is 1.29. The first-order chi connectivity index (χ1) is 13.2. The normalized spacial score (nSPS) is 27.4. The van der Waals surface area contributed by atoms with Crippen molar-refractivity contribution >= 4 is 27.8 Å². The number of piperidine rings is 1. The van der Waals surface area contributed by atoms with E-state index in [2.05, 4.69) is 31.2 Å². The Kier molecular flexibility index (Phi) is 5.75. The van der Waals surface area contributed by atoms with Crippen molar-refractivity contribution in [2.75, 3.05) is 44.5 Å². The van der Waals surface area contributed by atoms with E-state index in [-0.39, 0.29) is 0 Å². The first kappa shape index (κ1) is 18.8. The molecule has 0 amide bonds. The van der Waals surface area contributed by atoms with Crippen molar-refractivity contribution in [3.8, 4) is 0 Å². The molecular weight excluding hydrogens is 362 g/mol. The molecule has 1 aliphatic carbocycles. The molecule has 2 fully saturated rings. The minimum absolute atomic E-state index is 0.461. The quantitative estimate of drug-likeness (QED) is 0.783. The van der Waals surface area contributed by atoms with E-state index < -0.39 is 11.0 Å². The molecule has 1 saturated heterocycles. The van der Waals surface area contributed by atoms with Crippen LogP contribution in [0.25, 0.3) is 11.0 Å². The van der Waals surface area contributed by atoms with Crippen LogP contribution in [0.5, 0.6) is 0 Å². The number of aromatic nitrogens is 3. The van der Waals surface area contributed by atoms with E-state index in [1.165, 1.54) is 6.42 Å². The van der Waals surface area contributed by atoms with Crippen molar-refractivity contribution in [1.29, 1.82) is 0 Å². The molecule has 4 rings (SSSR count). The van der Waals surface area contributed by atoms with Crippen molar-refractivity contribution in [1.82, 2.24) is 19.3 Å². The van der Waals surface area contributed by atoms with E-state index in [1.54, 1.807) is 13.4 Å². The number of nitrogens with zero attached hydrogens (tertiary/aromatic N) is 4. The van der Waals surface area contributed by atoms with Gasteiger partial charge in [0.15, 0.2) is 0 Å². The maximum Gasteiger partial charge on any atom is 0.142 e. The van der Waals surface area contributed by atoms with Crippen LogP contribution < -0.4 is 4.90 Å². The monoisotopic (exact) mass is 391 g/mol. The van der Waals surface area contributed by atoms with Gasteiger partial charge in [0.05, 0.1) is 23.0 Å². The van der Waals surface area contributed by atoms with Gasteiger partial charge in [0, 0.05) is 45.2 Å². The highest BCUT2D eigenvalue weighted by molar-refractivity contribution is 7.82. The minimum Gasteiger partial charge on any atom is -0.384 e. The number of ether oxygens (including phenoxy) is 1. The van der Waals surface area contributed by atoms with Crippen molar-refractivity contribution in [3.63, 3.8) is 0 Å². The number of nitrogens with one attached hydrogen (secondary N) is 1. The zero-order valence-electron chi connectivity index (χ0n) is 16.1. The molecule has 3 heterocycles. The smallest absolute Gasteiger partial charge is 0.142 e. The predicted molar refractivity (Wildman–Crippen MR) is 108 cm³/mol. The van der Waals surface area contributed by atoms with Gasteiger partial charge in [0.1, 0.15) is 17.8 Å². The van der Waals surface area contributed by atoms with Crippen LogP contribution in [0.3, 0.4) is 0 Å². The summed E-state index contributed by atoms with van der Waals surface area (Å²) in [4.78, 5) is 14.1. The van der Waals surface area contributed by atoms with Crippen LogP contribution in [0.2, 0.25) is 0 Å². The van der Waals surface area contributed by atoms with E-state index in [4.69, 9.17) is 4.74 Å². The SMILES string of the molecule is COCC1CCCN(S(=O)CC2CC(N(C)c3ncnc4[nH]ccc34)C2)C1. The molecule has 7 nitrogen and oxygen atoms in total. The summed E-state index contributed by atoms with van der Waals surface area (Å²) in [7, 11) is 2.98. The van der Waals surface area contributed by atoms with Gasteiger partial charge in [-0.05, 0) is 43.6 Å². The number of H-pyrrole nitrogens is 1. The van der Waals surface area contributed by atoms with Gasteiger partial charge in [-0.3, -0.25) is 0 Å². The molecule has 27 heavy (non-hydrogen) atoms. The van der Waals surface area contributed by atoms with Gasteiger partial charge in [-0.25, -0.2) is 18.5 Å². The summed E-state index contributed by atoms with van der Waals surface area (Å²) < 4.78 is 20.2. The third-order valence-corrected chi connectivity index (χ3v) is 7.64. The van der Waals surface area contributed by atoms with Crippen LogP contribution in [0, 0.1) is 11.8 Å². The lowest BCUT2D eigenvalue weighted by Crippen LogP contribution is -2.47. The Morgan fingerprint density at radius 3 is 3.04 bits per heavy atom. The number of hydrogen-bond acceptors (Lipinski definition) is 5. The van der Waals surface area contributed by atoms with Crippen molar-refractivity contribution in [2.45, 2.75) is 31.7 Å². The summed E-state index contributed by atoms with van der Waals surface area (Å²) in [6, 6.07) is 2.49. The lowest BCUT2D eigenvalue weighted by Gasteiger charge is -2.42. The molecule has 0 spiro atoms. The molecule has 8 heteroatoms. The van der Waals surface area contributed by atoms with Gasteiger partial charge in [-0.15, -0.1) is 0 Å². The maximum absolute atomic E-state index is 12.8. The van der Waals surface area contributed by atoms with Crippen LogP contribution in [-0.4, -0.2) is 69.1 Å². The first-order valence-corrected chi connectivity index (χ1v) is 11.1. The van der Waals surface area contributed by atoms with Crippen LogP contribution in [-0.2, 0) is 15.7 Å². The molecule has 1 N–H and O–H groups in total. The van der Waals surface area contributed by atoms with E-state index in [0.29, 0.717) is 17.9 Å². The molecule has 2 atom stereocenters. The van der Waals surface area contributed by atoms with E-state index in [9.17, 15) is 4.21 Å². The second-order valence-corrected chi connectivity index (χ2v) is 9.37. The Labute approximate surface area is 163 Å². The number of aromatic amines is 1. The zero-order valence-corrected chi connectivity index (χ0v) is 17.0. The Morgan fingerprint density at radius 2 is 2.22 bits per heavy atom. The van der Waals surface area contributed by atoms with E-state index >= 15 is 0 Å². The summed E-state index contributed by atoms with van der Waals surface area (Å²) >= 11 is 0. The van der Waals surface area contributed by atoms with Gasteiger partial charge in [-0.2, -0.15) is 0 Å². The zero-order chi connectivity index (χ0) is 18.8. The van der Waals surface area contributed by atoms with E-state index in [0.717, 1.165) is 61.6 Å². The molecule has 0 radical (unpaired) electrons. The highest BCUT2D eigenvalue weighted by Crippen LogP contribution is 2.36. The highest BCUT2D eigenvalue weighted by atomic mass is 32.2. The highest BCUT2D eigenvalue weighted by Gasteiger charge is 2.35. The van der Waals surface area contributed by atoms with Gasteiger partial charge in [0.25, 0.3) is 0 Å². The van der Waals surface area contributed by atoms with Gasteiger partial charge in [0.2, 0.25) is 0 Å². The fraction of sp³-hybridized carbons (Fsp3) is 0.684. The second-order valence-electron chi connectivity index (χ2n) is 7.88. The molecule has 148 valence electrons. The Morgan fingerprint density at radius 1 is 1.37 bits per heavy atom. The fourth-order valence-electron chi connectivity index (χ4n) is 4.36. The lowest BCUT2D eigenvalue weighted by molar-refractivity contribution is 0.119. The molecule has 1 saturated carbocycles. The molecular formula is C19H29N5O2S. The number of hydrogen-bond donors (Lipinski definition) is 1. The van der Waals surface area contributed by atoms with Gasteiger partial charge >= 0.3 is 0 Å². The topological polar surface area (TPSA) is 74.3 Å². The maximum atomic E-state index is 12.8. The minimum atomic E-state index is -0.869. The number of fused-ring (bicyclic) bond motifs is 1. The summed E-state index contributed by atoms with van der Waals surface area (Å²) in [6.07, 6.45) is 7.98. The Hall–Kier alpha value is -1.51. The fourth-order valence-corrected chi connectivity index (χ4v) is 5.95. The number of rotatable bonds is 7. The van der Waals surface area contributed by atoms with Gasteiger partial charge in [-0.1, -0.05) is 0 Å². The summed E-state index contributed by atoms with van der Waals surface area (Å²) in [5, 5.41) is 1.06. The molecule has 2 unspecified atom stereocenters. The van der Waals surface area contributed by atoms with Crippen LogP contribution in [0.15, 0.2) is 18.6 Å². The lowest BCUT2D eigenvalue weighted by atomic mass is 9.81. The molecule has 2 aromatic heterocycles. The largest absolute Gasteiger partial charge is 0.384 e. The molecule has 1 aliphatic heterocycles.